The van der Waals surface area contributed by atoms with Crippen LogP contribution in [0.15, 0.2) is 0 Å². The Labute approximate surface area is 76.1 Å². The zero-order valence-electron chi connectivity index (χ0n) is 8.42. The zero-order chi connectivity index (χ0) is 8.55. The van der Waals surface area contributed by atoms with E-state index in [-0.39, 0.29) is 0 Å². The lowest BCUT2D eigenvalue weighted by Crippen LogP contribution is -2.19. The first-order valence-electron chi connectivity index (χ1n) is 5.51. The largest absolute Gasteiger partial charge is 0.300 e. The van der Waals surface area contributed by atoms with Gasteiger partial charge >= 0.3 is 0 Å². The third kappa shape index (κ3) is 1.66. The monoisotopic (exact) mass is 167 g/mol. The molecule has 0 bridgehead atoms. The fourth-order valence-corrected chi connectivity index (χ4v) is 2.74. The van der Waals surface area contributed by atoms with Crippen LogP contribution in [0.3, 0.4) is 0 Å². The maximum absolute atomic E-state index is 2.50. The van der Waals surface area contributed by atoms with Crippen molar-refractivity contribution in [3.05, 3.63) is 0 Å². The third-order valence-corrected chi connectivity index (χ3v) is 3.92. The lowest BCUT2D eigenvalue weighted by Gasteiger charge is -2.27. The first-order chi connectivity index (χ1) is 5.81. The van der Waals surface area contributed by atoms with E-state index in [0.717, 1.165) is 17.9 Å². The quantitative estimate of drug-likeness (QED) is 0.571. The van der Waals surface area contributed by atoms with Crippen molar-refractivity contribution in [2.75, 3.05) is 13.6 Å². The average molecular weight is 167 g/mol. The van der Waals surface area contributed by atoms with Gasteiger partial charge in [-0.3, -0.25) is 0 Å². The van der Waals surface area contributed by atoms with Gasteiger partial charge < -0.3 is 4.90 Å². The predicted molar refractivity (Wildman–Crippen MR) is 52.2 cm³/mol. The van der Waals surface area contributed by atoms with Gasteiger partial charge in [0.25, 0.3) is 0 Å². The molecule has 1 saturated heterocycles. The SMILES string of the molecule is CCC1CCC(C2CN2C)CC1. The molecule has 1 saturated carbocycles. The molecule has 2 unspecified atom stereocenters. The molecule has 0 aromatic heterocycles. The fraction of sp³-hybridized carbons (Fsp3) is 1.00. The van der Waals surface area contributed by atoms with Crippen LogP contribution in [-0.4, -0.2) is 24.5 Å². The number of nitrogens with zero attached hydrogens (tertiary/aromatic N) is 1. The van der Waals surface area contributed by atoms with E-state index in [4.69, 9.17) is 0 Å². The lowest BCUT2D eigenvalue weighted by molar-refractivity contribution is 0.252. The molecule has 1 heteroatoms. The summed E-state index contributed by atoms with van der Waals surface area (Å²) in [7, 11) is 2.26. The van der Waals surface area contributed by atoms with Gasteiger partial charge in [0.05, 0.1) is 0 Å². The second kappa shape index (κ2) is 3.37. The molecule has 1 aliphatic heterocycles. The second-order valence-electron chi connectivity index (χ2n) is 4.70. The highest BCUT2D eigenvalue weighted by atomic mass is 15.3. The highest BCUT2D eigenvalue weighted by Crippen LogP contribution is 2.37. The maximum atomic E-state index is 2.50. The van der Waals surface area contributed by atoms with Crippen LogP contribution in [0.1, 0.15) is 39.0 Å². The molecule has 0 N–H and O–H groups in total. The first kappa shape index (κ1) is 8.55. The Morgan fingerprint density at radius 2 is 1.75 bits per heavy atom. The Balaban J connectivity index is 1.75. The number of hydrogen-bond donors (Lipinski definition) is 0. The van der Waals surface area contributed by atoms with Gasteiger partial charge in [-0.15, -0.1) is 0 Å². The van der Waals surface area contributed by atoms with Crippen LogP contribution >= 0.6 is 0 Å². The minimum atomic E-state index is 0.975. The van der Waals surface area contributed by atoms with Crippen LogP contribution in [0.25, 0.3) is 0 Å². The maximum Gasteiger partial charge on any atom is 0.0249 e. The molecule has 2 aliphatic rings. The van der Waals surface area contributed by atoms with Gasteiger partial charge in [0.1, 0.15) is 0 Å². The molecule has 1 heterocycles. The van der Waals surface area contributed by atoms with E-state index in [1.165, 1.54) is 38.6 Å². The fourth-order valence-electron chi connectivity index (χ4n) is 2.74. The van der Waals surface area contributed by atoms with E-state index >= 15 is 0 Å². The summed E-state index contributed by atoms with van der Waals surface area (Å²) in [6.45, 7) is 3.72. The second-order valence-corrected chi connectivity index (χ2v) is 4.70. The predicted octanol–water partition coefficient (Wildman–Crippen LogP) is 2.52. The standard InChI is InChI=1S/C11H21N/c1-3-9-4-6-10(7-5-9)11-8-12(11)2/h9-11H,3-8H2,1-2H3. The molecule has 12 heavy (non-hydrogen) atoms. The van der Waals surface area contributed by atoms with Gasteiger partial charge in [-0.25, -0.2) is 0 Å². The van der Waals surface area contributed by atoms with Crippen LogP contribution in [0.4, 0.5) is 0 Å². The highest BCUT2D eigenvalue weighted by molar-refractivity contribution is 4.93. The molecule has 0 radical (unpaired) electrons. The van der Waals surface area contributed by atoms with Gasteiger partial charge in [-0.2, -0.15) is 0 Å². The van der Waals surface area contributed by atoms with Crippen molar-refractivity contribution in [2.24, 2.45) is 11.8 Å². The van der Waals surface area contributed by atoms with Crippen molar-refractivity contribution < 1.29 is 0 Å². The zero-order valence-corrected chi connectivity index (χ0v) is 8.42. The Morgan fingerprint density at radius 1 is 1.17 bits per heavy atom. The van der Waals surface area contributed by atoms with Gasteiger partial charge in [0.2, 0.25) is 0 Å². The summed E-state index contributed by atoms with van der Waals surface area (Å²) in [5.41, 5.74) is 0. The summed E-state index contributed by atoms with van der Waals surface area (Å²) < 4.78 is 0. The molecule has 0 aromatic rings. The van der Waals surface area contributed by atoms with Crippen LogP contribution < -0.4 is 0 Å². The molecule has 2 fully saturated rings. The van der Waals surface area contributed by atoms with Gasteiger partial charge in [0.15, 0.2) is 0 Å². The van der Waals surface area contributed by atoms with E-state index in [1.54, 1.807) is 0 Å². The first-order valence-corrected chi connectivity index (χ1v) is 5.51. The van der Waals surface area contributed by atoms with E-state index < -0.39 is 0 Å². The summed E-state index contributed by atoms with van der Waals surface area (Å²) in [4.78, 5) is 2.50. The summed E-state index contributed by atoms with van der Waals surface area (Å²) in [5, 5.41) is 0. The third-order valence-electron chi connectivity index (χ3n) is 3.92. The number of hydrogen-bond acceptors (Lipinski definition) is 1. The summed E-state index contributed by atoms with van der Waals surface area (Å²) in [6, 6.07) is 0.975. The minimum absolute atomic E-state index is 0.975. The van der Waals surface area contributed by atoms with E-state index in [9.17, 15) is 0 Å². The van der Waals surface area contributed by atoms with Gasteiger partial charge in [0, 0.05) is 12.6 Å². The van der Waals surface area contributed by atoms with E-state index in [1.807, 2.05) is 0 Å². The highest BCUT2D eigenvalue weighted by Gasteiger charge is 2.38. The lowest BCUT2D eigenvalue weighted by atomic mass is 9.79. The summed E-state index contributed by atoms with van der Waals surface area (Å²) >= 11 is 0. The van der Waals surface area contributed by atoms with E-state index in [0.29, 0.717) is 0 Å². The average Bonchev–Trinajstić information content (AvgIpc) is 2.83. The normalized spacial score (nSPS) is 47.5. The molecule has 2 atom stereocenters. The topological polar surface area (TPSA) is 3.01 Å². The molecular formula is C11H21N. The summed E-state index contributed by atoms with van der Waals surface area (Å²) in [5.74, 6) is 2.11. The Hall–Kier alpha value is -0.0400. The molecule has 0 aromatic carbocycles. The molecule has 70 valence electrons. The molecule has 1 aliphatic carbocycles. The summed E-state index contributed by atoms with van der Waals surface area (Å²) in [6.07, 6.45) is 7.44. The van der Waals surface area contributed by atoms with Gasteiger partial charge in [-0.05, 0) is 31.7 Å². The van der Waals surface area contributed by atoms with Crippen LogP contribution in [-0.2, 0) is 0 Å². The molecule has 0 spiro atoms. The Kier molecular flexibility index (Phi) is 2.40. The molecule has 0 amide bonds. The number of rotatable bonds is 2. The van der Waals surface area contributed by atoms with Crippen LogP contribution in [0.2, 0.25) is 0 Å². The van der Waals surface area contributed by atoms with Crippen LogP contribution in [0, 0.1) is 11.8 Å². The van der Waals surface area contributed by atoms with Crippen LogP contribution in [0.5, 0.6) is 0 Å². The molecular weight excluding hydrogens is 146 g/mol. The minimum Gasteiger partial charge on any atom is -0.300 e. The molecule has 1 nitrogen and oxygen atoms in total. The Morgan fingerprint density at radius 3 is 2.17 bits per heavy atom. The van der Waals surface area contributed by atoms with Crippen molar-refractivity contribution in [1.82, 2.24) is 4.90 Å². The smallest absolute Gasteiger partial charge is 0.0249 e. The molecule has 2 rings (SSSR count). The van der Waals surface area contributed by atoms with Gasteiger partial charge in [-0.1, -0.05) is 26.2 Å². The van der Waals surface area contributed by atoms with E-state index in [2.05, 4.69) is 18.9 Å². The number of likely N-dealkylation sites (N-methyl/N-ethyl adjacent to an activating group) is 1. The van der Waals surface area contributed by atoms with Crippen molar-refractivity contribution >= 4 is 0 Å². The van der Waals surface area contributed by atoms with Crippen molar-refractivity contribution in [3.8, 4) is 0 Å². The van der Waals surface area contributed by atoms with Crippen molar-refractivity contribution in [3.63, 3.8) is 0 Å². The Bertz CT molecular complexity index is 147. The van der Waals surface area contributed by atoms with Crippen molar-refractivity contribution in [2.45, 2.75) is 45.1 Å². The van der Waals surface area contributed by atoms with Crippen molar-refractivity contribution in [1.29, 1.82) is 0 Å².